The summed E-state index contributed by atoms with van der Waals surface area (Å²) in [6.07, 6.45) is 3.37. The van der Waals surface area contributed by atoms with Crippen LogP contribution >= 0.6 is 0 Å². The molecular formula is C18H24N2O2. The highest BCUT2D eigenvalue weighted by Gasteiger charge is 2.25. The minimum absolute atomic E-state index is 0.114. The molecule has 2 heterocycles. The molecule has 0 saturated heterocycles. The number of carbonyl (C=O) groups is 1. The molecular weight excluding hydrogens is 276 g/mol. The van der Waals surface area contributed by atoms with Crippen molar-refractivity contribution in [2.24, 2.45) is 0 Å². The SMILES string of the molecule is CCCOC(=O)Cc1c2n(c3ccccc13)C[C@H](NC)CC2. The van der Waals surface area contributed by atoms with Gasteiger partial charge in [0.15, 0.2) is 0 Å². The zero-order valence-corrected chi connectivity index (χ0v) is 13.4. The van der Waals surface area contributed by atoms with Gasteiger partial charge in [-0.15, -0.1) is 0 Å². The first kappa shape index (κ1) is 15.1. The van der Waals surface area contributed by atoms with Gasteiger partial charge in [0.1, 0.15) is 0 Å². The molecule has 0 radical (unpaired) electrons. The predicted octanol–water partition coefficient (Wildman–Crippen LogP) is 2.67. The maximum Gasteiger partial charge on any atom is 0.310 e. The number of ether oxygens (including phenoxy) is 1. The fraction of sp³-hybridized carbons (Fsp3) is 0.500. The highest BCUT2D eigenvalue weighted by atomic mass is 16.5. The summed E-state index contributed by atoms with van der Waals surface area (Å²) in [7, 11) is 2.02. The first-order chi connectivity index (χ1) is 10.7. The van der Waals surface area contributed by atoms with E-state index < -0.39 is 0 Å². The van der Waals surface area contributed by atoms with Gasteiger partial charge < -0.3 is 14.6 Å². The van der Waals surface area contributed by atoms with Crippen LogP contribution in [0.2, 0.25) is 0 Å². The van der Waals surface area contributed by atoms with E-state index >= 15 is 0 Å². The van der Waals surface area contributed by atoms with E-state index in [0.717, 1.165) is 31.4 Å². The van der Waals surface area contributed by atoms with Crippen LogP contribution in [0.5, 0.6) is 0 Å². The van der Waals surface area contributed by atoms with Crippen molar-refractivity contribution in [2.75, 3.05) is 13.7 Å². The van der Waals surface area contributed by atoms with Crippen molar-refractivity contribution in [3.05, 3.63) is 35.5 Å². The number of nitrogens with zero attached hydrogens (tertiary/aromatic N) is 1. The number of aromatic nitrogens is 1. The van der Waals surface area contributed by atoms with Crippen LogP contribution in [0.25, 0.3) is 10.9 Å². The summed E-state index contributed by atoms with van der Waals surface area (Å²) in [4.78, 5) is 12.1. The lowest BCUT2D eigenvalue weighted by atomic mass is 10.0. The number of likely N-dealkylation sites (N-methyl/N-ethyl adjacent to an activating group) is 1. The van der Waals surface area contributed by atoms with E-state index in [1.54, 1.807) is 0 Å². The Bertz CT molecular complexity index is 675. The molecule has 0 unspecified atom stereocenters. The van der Waals surface area contributed by atoms with Gasteiger partial charge in [-0.25, -0.2) is 0 Å². The molecule has 4 nitrogen and oxygen atoms in total. The second kappa shape index (κ2) is 6.53. The summed E-state index contributed by atoms with van der Waals surface area (Å²) >= 11 is 0. The minimum atomic E-state index is -0.114. The average molecular weight is 300 g/mol. The van der Waals surface area contributed by atoms with E-state index in [9.17, 15) is 4.79 Å². The van der Waals surface area contributed by atoms with Gasteiger partial charge in [0, 0.05) is 29.2 Å². The summed E-state index contributed by atoms with van der Waals surface area (Å²) in [5.41, 5.74) is 3.70. The van der Waals surface area contributed by atoms with E-state index in [2.05, 4.69) is 28.1 Å². The van der Waals surface area contributed by atoms with Crippen molar-refractivity contribution >= 4 is 16.9 Å². The number of hydrogen-bond acceptors (Lipinski definition) is 3. The molecule has 1 atom stereocenters. The molecule has 0 fully saturated rings. The molecule has 4 heteroatoms. The Balaban J connectivity index is 1.98. The van der Waals surface area contributed by atoms with Crippen LogP contribution in [-0.2, 0) is 28.9 Å². The largest absolute Gasteiger partial charge is 0.465 e. The van der Waals surface area contributed by atoms with Crippen molar-refractivity contribution in [3.8, 4) is 0 Å². The summed E-state index contributed by atoms with van der Waals surface area (Å²) in [6.45, 7) is 3.49. The second-order valence-electron chi connectivity index (χ2n) is 5.97. The Morgan fingerprint density at radius 1 is 1.41 bits per heavy atom. The molecule has 0 saturated carbocycles. The van der Waals surface area contributed by atoms with E-state index in [4.69, 9.17) is 4.74 Å². The van der Waals surface area contributed by atoms with Crippen LogP contribution in [-0.4, -0.2) is 30.2 Å². The Hall–Kier alpha value is -1.81. The van der Waals surface area contributed by atoms with E-state index in [1.165, 1.54) is 16.6 Å². The van der Waals surface area contributed by atoms with Gasteiger partial charge in [-0.3, -0.25) is 4.79 Å². The van der Waals surface area contributed by atoms with Gasteiger partial charge in [0.25, 0.3) is 0 Å². The third-order valence-corrected chi connectivity index (χ3v) is 4.52. The van der Waals surface area contributed by atoms with E-state index in [-0.39, 0.29) is 5.97 Å². The van der Waals surface area contributed by atoms with Gasteiger partial charge in [-0.05, 0) is 37.9 Å². The van der Waals surface area contributed by atoms with E-state index in [0.29, 0.717) is 19.1 Å². The molecule has 0 amide bonds. The van der Waals surface area contributed by atoms with Gasteiger partial charge in [0.2, 0.25) is 0 Å². The first-order valence-corrected chi connectivity index (χ1v) is 8.16. The van der Waals surface area contributed by atoms with E-state index in [1.807, 2.05) is 20.0 Å². The summed E-state index contributed by atoms with van der Waals surface area (Å²) in [5, 5.41) is 4.57. The van der Waals surface area contributed by atoms with Crippen LogP contribution in [0.4, 0.5) is 0 Å². The monoisotopic (exact) mass is 300 g/mol. The molecule has 0 aliphatic carbocycles. The average Bonchev–Trinajstić information content (AvgIpc) is 2.86. The molecule has 1 aromatic heterocycles. The van der Waals surface area contributed by atoms with Crippen molar-refractivity contribution < 1.29 is 9.53 Å². The van der Waals surface area contributed by atoms with Gasteiger partial charge >= 0.3 is 5.97 Å². The predicted molar refractivity (Wildman–Crippen MR) is 88.1 cm³/mol. The molecule has 22 heavy (non-hydrogen) atoms. The molecule has 2 aromatic rings. The number of rotatable bonds is 5. The molecule has 118 valence electrons. The van der Waals surface area contributed by atoms with Crippen molar-refractivity contribution in [1.29, 1.82) is 0 Å². The van der Waals surface area contributed by atoms with Gasteiger partial charge in [0.05, 0.1) is 13.0 Å². The molecule has 1 aliphatic rings. The third-order valence-electron chi connectivity index (χ3n) is 4.52. The summed E-state index contributed by atoms with van der Waals surface area (Å²) < 4.78 is 7.66. The Kier molecular flexibility index (Phi) is 4.48. The van der Waals surface area contributed by atoms with Crippen LogP contribution in [0.1, 0.15) is 31.0 Å². The number of hydrogen-bond donors (Lipinski definition) is 1. The lowest BCUT2D eigenvalue weighted by Gasteiger charge is -2.25. The number of carbonyl (C=O) groups excluding carboxylic acids is 1. The number of nitrogens with one attached hydrogen (secondary N) is 1. The maximum atomic E-state index is 12.1. The lowest BCUT2D eigenvalue weighted by Crippen LogP contribution is -2.35. The second-order valence-corrected chi connectivity index (χ2v) is 5.97. The van der Waals surface area contributed by atoms with Crippen LogP contribution in [0, 0.1) is 0 Å². The number of esters is 1. The summed E-state index contributed by atoms with van der Waals surface area (Å²) in [6, 6.07) is 8.89. The molecule has 1 aliphatic heterocycles. The van der Waals surface area contributed by atoms with Crippen LogP contribution in [0.3, 0.4) is 0 Å². The number of benzene rings is 1. The summed E-state index contributed by atoms with van der Waals surface area (Å²) in [5.74, 6) is -0.114. The van der Waals surface area contributed by atoms with Crippen LogP contribution < -0.4 is 5.32 Å². The van der Waals surface area contributed by atoms with Gasteiger partial charge in [-0.1, -0.05) is 25.1 Å². The van der Waals surface area contributed by atoms with Crippen molar-refractivity contribution in [3.63, 3.8) is 0 Å². The smallest absolute Gasteiger partial charge is 0.310 e. The fourth-order valence-electron chi connectivity index (χ4n) is 3.39. The molecule has 3 rings (SSSR count). The molecule has 0 spiro atoms. The zero-order valence-electron chi connectivity index (χ0n) is 13.4. The normalized spacial score (nSPS) is 17.5. The Morgan fingerprint density at radius 2 is 2.23 bits per heavy atom. The third kappa shape index (κ3) is 2.75. The number of fused-ring (bicyclic) bond motifs is 3. The topological polar surface area (TPSA) is 43.3 Å². The Morgan fingerprint density at radius 3 is 3.00 bits per heavy atom. The lowest BCUT2D eigenvalue weighted by molar-refractivity contribution is -0.142. The quantitative estimate of drug-likeness (QED) is 0.863. The fourth-order valence-corrected chi connectivity index (χ4v) is 3.39. The van der Waals surface area contributed by atoms with Crippen molar-refractivity contribution in [1.82, 2.24) is 9.88 Å². The Labute approximate surface area is 131 Å². The first-order valence-electron chi connectivity index (χ1n) is 8.16. The molecule has 0 bridgehead atoms. The highest BCUT2D eigenvalue weighted by molar-refractivity contribution is 5.89. The zero-order chi connectivity index (χ0) is 15.5. The molecule has 1 N–H and O–H groups in total. The minimum Gasteiger partial charge on any atom is -0.465 e. The van der Waals surface area contributed by atoms with Crippen LogP contribution in [0.15, 0.2) is 24.3 Å². The van der Waals surface area contributed by atoms with Gasteiger partial charge in [-0.2, -0.15) is 0 Å². The highest BCUT2D eigenvalue weighted by Crippen LogP contribution is 2.31. The maximum absolute atomic E-state index is 12.1. The van der Waals surface area contributed by atoms with Crippen molar-refractivity contribution in [2.45, 2.75) is 45.2 Å². The standard InChI is InChI=1S/C18H24N2O2/c1-3-10-22-18(21)11-15-14-6-4-5-7-16(14)20-12-13(19-2)8-9-17(15)20/h4-7,13,19H,3,8-12H2,1-2H3/t13-/m1/s1. The number of para-hydroxylation sites is 1. The molecule has 1 aromatic carbocycles.